The van der Waals surface area contributed by atoms with Crippen LogP contribution in [0.15, 0.2) is 18.2 Å². The van der Waals surface area contributed by atoms with Gasteiger partial charge >= 0.3 is 5.97 Å². The van der Waals surface area contributed by atoms with Crippen LogP contribution in [0.25, 0.3) is 0 Å². The van der Waals surface area contributed by atoms with Crippen LogP contribution in [0, 0.1) is 0 Å². The highest BCUT2D eigenvalue weighted by Crippen LogP contribution is 2.44. The van der Waals surface area contributed by atoms with Crippen molar-refractivity contribution in [1.29, 1.82) is 0 Å². The van der Waals surface area contributed by atoms with E-state index in [2.05, 4.69) is 0 Å². The normalized spacial score (nSPS) is 19.8. The molecule has 0 unspecified atom stereocenters. The maximum atomic E-state index is 12.0. The minimum Gasteiger partial charge on any atom is -0.487 e. The number of hydrogen-bond acceptors (Lipinski definition) is 3. The molecule has 0 N–H and O–H groups in total. The number of ether oxygens (including phenoxy) is 2. The first kappa shape index (κ1) is 12.5. The molecule has 3 heteroatoms. The van der Waals surface area contributed by atoms with Crippen LogP contribution in [0.1, 0.15) is 54.9 Å². The number of hydrogen-bond donors (Lipinski definition) is 0. The molecule has 3 nitrogen and oxygen atoms in total. The molecule has 1 spiro atoms. The number of fused-ring (bicyclic) bond motifs is 1. The first-order valence-electron chi connectivity index (χ1n) is 7.22. The zero-order valence-corrected chi connectivity index (χ0v) is 11.4. The van der Waals surface area contributed by atoms with Crippen LogP contribution in [-0.2, 0) is 11.2 Å². The lowest BCUT2D eigenvalue weighted by Crippen LogP contribution is -2.36. The van der Waals surface area contributed by atoms with E-state index in [9.17, 15) is 4.79 Å². The summed E-state index contributed by atoms with van der Waals surface area (Å²) in [6, 6.07) is 5.70. The van der Waals surface area contributed by atoms with Crippen LogP contribution in [0.2, 0.25) is 0 Å². The average Bonchev–Trinajstić information content (AvgIpc) is 2.76. The molecule has 0 atom stereocenters. The van der Waals surface area contributed by atoms with Crippen LogP contribution < -0.4 is 4.74 Å². The highest BCUT2D eigenvalue weighted by atomic mass is 16.5. The van der Waals surface area contributed by atoms with Crippen LogP contribution in [0.4, 0.5) is 0 Å². The zero-order chi connectivity index (χ0) is 13.3. The summed E-state index contributed by atoms with van der Waals surface area (Å²) < 4.78 is 11.3. The molecule has 3 rings (SSSR count). The summed E-state index contributed by atoms with van der Waals surface area (Å²) in [6.45, 7) is 2.24. The Morgan fingerprint density at radius 1 is 1.32 bits per heavy atom. The molecule has 2 aliphatic rings. The van der Waals surface area contributed by atoms with Crippen molar-refractivity contribution in [1.82, 2.24) is 0 Å². The largest absolute Gasteiger partial charge is 0.487 e. The van der Waals surface area contributed by atoms with Gasteiger partial charge in [-0.1, -0.05) is 12.5 Å². The third-order valence-corrected chi connectivity index (χ3v) is 4.22. The van der Waals surface area contributed by atoms with Crippen molar-refractivity contribution >= 4 is 5.97 Å². The summed E-state index contributed by atoms with van der Waals surface area (Å²) in [5.74, 6) is 0.656. The lowest BCUT2D eigenvalue weighted by molar-refractivity contribution is 0.0518. The molecule has 102 valence electrons. The predicted molar refractivity (Wildman–Crippen MR) is 72.5 cm³/mol. The van der Waals surface area contributed by atoms with Gasteiger partial charge in [-0.15, -0.1) is 0 Å². The lowest BCUT2D eigenvalue weighted by Gasteiger charge is -2.32. The standard InChI is InChI=1S/C16H20O3/c1-2-18-15(17)12-7-6-8-14-13(12)11-16(19-14)9-4-3-5-10-16/h6-8H,2-5,9-11H2,1H3. The van der Waals surface area contributed by atoms with Gasteiger partial charge in [-0.05, 0) is 44.7 Å². The van der Waals surface area contributed by atoms with E-state index in [1.807, 2.05) is 25.1 Å². The van der Waals surface area contributed by atoms with Gasteiger partial charge in [0, 0.05) is 12.0 Å². The van der Waals surface area contributed by atoms with Crippen molar-refractivity contribution in [2.45, 2.75) is 51.0 Å². The second kappa shape index (κ2) is 4.87. The van der Waals surface area contributed by atoms with Gasteiger partial charge in [-0.25, -0.2) is 4.79 Å². The second-order valence-electron chi connectivity index (χ2n) is 5.53. The van der Waals surface area contributed by atoms with E-state index in [0.717, 1.165) is 30.6 Å². The molecule has 1 saturated carbocycles. The van der Waals surface area contributed by atoms with Gasteiger partial charge < -0.3 is 9.47 Å². The topological polar surface area (TPSA) is 35.5 Å². The molecule has 0 bridgehead atoms. The predicted octanol–water partition coefficient (Wildman–Crippen LogP) is 3.50. The summed E-state index contributed by atoms with van der Waals surface area (Å²) in [5, 5.41) is 0. The fourth-order valence-electron chi connectivity index (χ4n) is 3.31. The fraction of sp³-hybridized carbons (Fsp3) is 0.562. The van der Waals surface area contributed by atoms with E-state index in [1.165, 1.54) is 19.3 Å². The van der Waals surface area contributed by atoms with E-state index < -0.39 is 0 Å². The summed E-state index contributed by atoms with van der Waals surface area (Å²) >= 11 is 0. The molecule has 1 aliphatic carbocycles. The monoisotopic (exact) mass is 260 g/mol. The Morgan fingerprint density at radius 3 is 2.84 bits per heavy atom. The molecule has 19 heavy (non-hydrogen) atoms. The van der Waals surface area contributed by atoms with Crippen molar-refractivity contribution in [2.24, 2.45) is 0 Å². The van der Waals surface area contributed by atoms with Crippen LogP contribution >= 0.6 is 0 Å². The van der Waals surface area contributed by atoms with Crippen molar-refractivity contribution in [3.05, 3.63) is 29.3 Å². The van der Waals surface area contributed by atoms with Gasteiger partial charge in [0.05, 0.1) is 12.2 Å². The van der Waals surface area contributed by atoms with E-state index in [-0.39, 0.29) is 11.6 Å². The molecular weight excluding hydrogens is 240 g/mol. The molecule has 0 amide bonds. The maximum Gasteiger partial charge on any atom is 0.338 e. The Kier molecular flexibility index (Phi) is 3.21. The quantitative estimate of drug-likeness (QED) is 0.763. The second-order valence-corrected chi connectivity index (χ2v) is 5.53. The summed E-state index contributed by atoms with van der Waals surface area (Å²) in [6.07, 6.45) is 6.81. The van der Waals surface area contributed by atoms with Crippen molar-refractivity contribution in [2.75, 3.05) is 6.61 Å². The van der Waals surface area contributed by atoms with E-state index in [1.54, 1.807) is 0 Å². The minimum absolute atomic E-state index is 0.0524. The molecule has 1 aromatic carbocycles. The van der Waals surface area contributed by atoms with Gasteiger partial charge in [0.25, 0.3) is 0 Å². The molecule has 1 heterocycles. The number of carbonyl (C=O) groups excluding carboxylic acids is 1. The molecule has 1 aliphatic heterocycles. The minimum atomic E-state index is -0.226. The van der Waals surface area contributed by atoms with Gasteiger partial charge in [0.2, 0.25) is 0 Å². The van der Waals surface area contributed by atoms with Crippen LogP contribution in [-0.4, -0.2) is 18.2 Å². The van der Waals surface area contributed by atoms with Crippen LogP contribution in [0.3, 0.4) is 0 Å². The summed E-state index contributed by atoms with van der Waals surface area (Å²) in [7, 11) is 0. The summed E-state index contributed by atoms with van der Waals surface area (Å²) in [5.41, 5.74) is 1.67. The SMILES string of the molecule is CCOC(=O)c1cccc2c1CC1(CCCCC1)O2. The Morgan fingerprint density at radius 2 is 2.11 bits per heavy atom. The fourth-order valence-corrected chi connectivity index (χ4v) is 3.31. The third kappa shape index (κ3) is 2.22. The van der Waals surface area contributed by atoms with Crippen LogP contribution in [0.5, 0.6) is 5.75 Å². The molecule has 0 saturated heterocycles. The number of benzene rings is 1. The maximum absolute atomic E-state index is 12.0. The highest BCUT2D eigenvalue weighted by Gasteiger charge is 2.41. The molecule has 1 aromatic rings. The number of carbonyl (C=O) groups is 1. The molecule has 0 aromatic heterocycles. The third-order valence-electron chi connectivity index (χ3n) is 4.22. The lowest BCUT2D eigenvalue weighted by atomic mass is 9.81. The van der Waals surface area contributed by atoms with E-state index in [0.29, 0.717) is 12.2 Å². The Labute approximate surface area is 113 Å². The van der Waals surface area contributed by atoms with Crippen molar-refractivity contribution in [3.63, 3.8) is 0 Å². The Bertz CT molecular complexity index is 487. The number of rotatable bonds is 2. The Hall–Kier alpha value is -1.51. The van der Waals surface area contributed by atoms with Gasteiger partial charge in [0.1, 0.15) is 11.4 Å². The highest BCUT2D eigenvalue weighted by molar-refractivity contribution is 5.92. The molecular formula is C16H20O3. The average molecular weight is 260 g/mol. The van der Waals surface area contributed by atoms with Crippen molar-refractivity contribution in [3.8, 4) is 5.75 Å². The number of esters is 1. The first-order valence-corrected chi connectivity index (χ1v) is 7.22. The van der Waals surface area contributed by atoms with Gasteiger partial charge in [-0.3, -0.25) is 0 Å². The zero-order valence-electron chi connectivity index (χ0n) is 11.4. The molecule has 1 fully saturated rings. The van der Waals surface area contributed by atoms with Crippen molar-refractivity contribution < 1.29 is 14.3 Å². The summed E-state index contributed by atoms with van der Waals surface area (Å²) in [4.78, 5) is 12.0. The Balaban J connectivity index is 1.90. The van der Waals surface area contributed by atoms with E-state index in [4.69, 9.17) is 9.47 Å². The van der Waals surface area contributed by atoms with E-state index >= 15 is 0 Å². The first-order chi connectivity index (χ1) is 9.24. The van der Waals surface area contributed by atoms with Gasteiger partial charge in [-0.2, -0.15) is 0 Å². The van der Waals surface area contributed by atoms with Gasteiger partial charge in [0.15, 0.2) is 0 Å². The molecule has 0 radical (unpaired) electrons. The smallest absolute Gasteiger partial charge is 0.338 e.